The summed E-state index contributed by atoms with van der Waals surface area (Å²) in [6.45, 7) is 0.661. The lowest BCUT2D eigenvalue weighted by molar-refractivity contribution is -0.136. The number of aromatic nitrogens is 3. The molecule has 6 nitrogen and oxygen atoms in total. The molecular formula is C22H24N4O2. The maximum Gasteiger partial charge on any atom is 0.307 e. The number of nitrogens with two attached hydrogens (primary N) is 1. The molecule has 0 aliphatic heterocycles. The molecule has 0 fully saturated rings. The average Bonchev–Trinajstić information content (AvgIpc) is 3.19. The lowest BCUT2D eigenvalue weighted by atomic mass is 10.0. The molecule has 0 atom stereocenters. The first-order chi connectivity index (χ1) is 13.6. The number of rotatable bonds is 7. The maximum atomic E-state index is 11.1. The van der Waals surface area contributed by atoms with Crippen molar-refractivity contribution in [3.63, 3.8) is 0 Å². The number of para-hydroxylation sites is 2. The molecule has 0 aliphatic carbocycles. The van der Waals surface area contributed by atoms with Crippen LogP contribution in [0.1, 0.15) is 24.0 Å². The van der Waals surface area contributed by atoms with Gasteiger partial charge in [0.15, 0.2) is 5.82 Å². The largest absolute Gasteiger partial charge is 0.481 e. The van der Waals surface area contributed by atoms with Gasteiger partial charge in [0.05, 0.1) is 23.1 Å². The van der Waals surface area contributed by atoms with E-state index in [-0.39, 0.29) is 6.42 Å². The third-order valence-electron chi connectivity index (χ3n) is 5.22. The Morgan fingerprint density at radius 1 is 1.21 bits per heavy atom. The van der Waals surface area contributed by atoms with Gasteiger partial charge in [-0.25, -0.2) is 4.98 Å². The summed E-state index contributed by atoms with van der Waals surface area (Å²) in [4.78, 5) is 19.5. The lowest BCUT2D eigenvalue weighted by Gasteiger charge is -2.06. The molecular weight excluding hydrogens is 352 g/mol. The highest BCUT2D eigenvalue weighted by molar-refractivity contribution is 5.92. The molecule has 4 aromatic rings. The highest BCUT2D eigenvalue weighted by Gasteiger charge is 2.18. The summed E-state index contributed by atoms with van der Waals surface area (Å²) >= 11 is 0. The molecule has 144 valence electrons. The third kappa shape index (κ3) is 3.27. The number of benzene rings is 2. The van der Waals surface area contributed by atoms with Gasteiger partial charge in [-0.05, 0) is 61.2 Å². The molecule has 0 saturated heterocycles. The Bertz CT molecular complexity index is 1160. The van der Waals surface area contributed by atoms with Gasteiger partial charge in [0, 0.05) is 18.0 Å². The van der Waals surface area contributed by atoms with Crippen molar-refractivity contribution < 1.29 is 9.90 Å². The second-order valence-corrected chi connectivity index (χ2v) is 7.16. The Morgan fingerprint density at radius 2 is 2.04 bits per heavy atom. The minimum absolute atomic E-state index is 0.0188. The fourth-order valence-electron chi connectivity index (χ4n) is 3.85. The minimum atomic E-state index is -0.824. The molecule has 0 bridgehead atoms. The van der Waals surface area contributed by atoms with E-state index in [4.69, 9.17) is 15.8 Å². The summed E-state index contributed by atoms with van der Waals surface area (Å²) in [5, 5.41) is 10.2. The maximum absolute atomic E-state index is 11.1. The molecule has 6 heteroatoms. The number of imidazole rings is 1. The van der Waals surface area contributed by atoms with Crippen LogP contribution in [-0.2, 0) is 24.7 Å². The summed E-state index contributed by atoms with van der Waals surface area (Å²) in [5.41, 5.74) is 11.7. The normalized spacial score (nSPS) is 11.5. The van der Waals surface area contributed by atoms with E-state index in [0.29, 0.717) is 6.54 Å². The molecule has 4 rings (SSSR count). The highest BCUT2D eigenvalue weighted by Crippen LogP contribution is 2.33. The molecule has 28 heavy (non-hydrogen) atoms. The van der Waals surface area contributed by atoms with Crippen molar-refractivity contribution in [2.24, 2.45) is 12.8 Å². The second-order valence-electron chi connectivity index (χ2n) is 7.16. The monoisotopic (exact) mass is 376 g/mol. The Kier molecular flexibility index (Phi) is 4.88. The van der Waals surface area contributed by atoms with Crippen molar-refractivity contribution in [3.05, 3.63) is 53.6 Å². The average molecular weight is 376 g/mol. The van der Waals surface area contributed by atoms with E-state index < -0.39 is 5.97 Å². The number of carboxylic acids is 1. The van der Waals surface area contributed by atoms with Crippen LogP contribution in [-0.4, -0.2) is 32.2 Å². The molecule has 2 aromatic heterocycles. The summed E-state index contributed by atoms with van der Waals surface area (Å²) in [6, 6.07) is 13.9. The number of carboxylic acid groups (broad SMARTS) is 1. The minimum Gasteiger partial charge on any atom is -0.481 e. The van der Waals surface area contributed by atoms with E-state index in [0.717, 1.165) is 58.3 Å². The SMILES string of the molecule is Cn1c(-c2[nH]c3ccc(CC(=O)O)cc3c2CCCCN)nc2ccccc21. The molecule has 0 saturated carbocycles. The number of aryl methyl sites for hydroxylation is 2. The van der Waals surface area contributed by atoms with Gasteiger partial charge in [0.25, 0.3) is 0 Å². The van der Waals surface area contributed by atoms with Crippen LogP contribution in [0.4, 0.5) is 0 Å². The van der Waals surface area contributed by atoms with Gasteiger partial charge in [-0.15, -0.1) is 0 Å². The van der Waals surface area contributed by atoms with Crippen LogP contribution in [0.3, 0.4) is 0 Å². The number of nitrogens with zero attached hydrogens (tertiary/aromatic N) is 2. The quantitative estimate of drug-likeness (QED) is 0.429. The Hall–Kier alpha value is -3.12. The first-order valence-corrected chi connectivity index (χ1v) is 9.55. The molecule has 0 unspecified atom stereocenters. The summed E-state index contributed by atoms with van der Waals surface area (Å²) in [6.07, 6.45) is 2.81. The molecule has 0 radical (unpaired) electrons. The standard InChI is InChI=1S/C22H24N4O2/c1-26-19-8-3-2-7-18(19)25-22(26)21-15(6-4-5-11-23)16-12-14(13-20(27)28)9-10-17(16)24-21/h2-3,7-10,12,24H,4-6,11,13,23H2,1H3,(H,27,28). The fourth-order valence-corrected chi connectivity index (χ4v) is 3.85. The van der Waals surface area contributed by atoms with E-state index in [1.807, 2.05) is 43.4 Å². The van der Waals surface area contributed by atoms with Crippen LogP contribution in [0.25, 0.3) is 33.5 Å². The third-order valence-corrected chi connectivity index (χ3v) is 5.22. The van der Waals surface area contributed by atoms with Crippen LogP contribution in [0.2, 0.25) is 0 Å². The van der Waals surface area contributed by atoms with Crippen LogP contribution in [0, 0.1) is 0 Å². The van der Waals surface area contributed by atoms with Crippen LogP contribution < -0.4 is 5.73 Å². The number of hydrogen-bond donors (Lipinski definition) is 3. The fraction of sp³-hybridized carbons (Fsp3) is 0.273. The second kappa shape index (κ2) is 7.48. The van der Waals surface area contributed by atoms with Crippen molar-refractivity contribution in [2.45, 2.75) is 25.7 Å². The number of aromatic amines is 1. The van der Waals surface area contributed by atoms with Gasteiger partial charge in [-0.2, -0.15) is 0 Å². The molecule has 2 heterocycles. The topological polar surface area (TPSA) is 96.9 Å². The highest BCUT2D eigenvalue weighted by atomic mass is 16.4. The predicted molar refractivity (Wildman–Crippen MR) is 111 cm³/mol. The predicted octanol–water partition coefficient (Wildman–Crippen LogP) is 3.63. The van der Waals surface area contributed by atoms with E-state index in [9.17, 15) is 4.79 Å². The van der Waals surface area contributed by atoms with Gasteiger partial charge in [0.2, 0.25) is 0 Å². The molecule has 0 aliphatic rings. The van der Waals surface area contributed by atoms with Crippen molar-refractivity contribution >= 4 is 27.9 Å². The lowest BCUT2D eigenvalue weighted by Crippen LogP contribution is -2.01. The summed E-state index contributed by atoms with van der Waals surface area (Å²) < 4.78 is 2.10. The first-order valence-electron chi connectivity index (χ1n) is 9.55. The summed E-state index contributed by atoms with van der Waals surface area (Å²) in [7, 11) is 2.02. The number of fused-ring (bicyclic) bond motifs is 2. The smallest absolute Gasteiger partial charge is 0.307 e. The van der Waals surface area contributed by atoms with Crippen LogP contribution in [0.5, 0.6) is 0 Å². The zero-order valence-corrected chi connectivity index (χ0v) is 15.9. The Labute approximate surface area is 163 Å². The molecule has 0 amide bonds. The number of H-pyrrole nitrogens is 1. The van der Waals surface area contributed by atoms with Crippen LogP contribution >= 0.6 is 0 Å². The molecule has 0 spiro atoms. The molecule has 2 aromatic carbocycles. The van der Waals surface area contributed by atoms with Gasteiger partial charge >= 0.3 is 5.97 Å². The van der Waals surface area contributed by atoms with Crippen molar-refractivity contribution in [1.29, 1.82) is 0 Å². The number of nitrogens with one attached hydrogen (secondary N) is 1. The van der Waals surface area contributed by atoms with Gasteiger partial charge in [-0.1, -0.05) is 18.2 Å². The van der Waals surface area contributed by atoms with Gasteiger partial charge < -0.3 is 20.4 Å². The van der Waals surface area contributed by atoms with Crippen molar-refractivity contribution in [1.82, 2.24) is 14.5 Å². The number of unbranched alkanes of at least 4 members (excludes halogenated alkanes) is 1. The van der Waals surface area contributed by atoms with Crippen molar-refractivity contribution in [3.8, 4) is 11.5 Å². The first kappa shape index (κ1) is 18.3. The van der Waals surface area contributed by atoms with Crippen molar-refractivity contribution in [2.75, 3.05) is 6.54 Å². The Balaban J connectivity index is 1.89. The van der Waals surface area contributed by atoms with Gasteiger partial charge in [-0.3, -0.25) is 4.79 Å². The zero-order chi connectivity index (χ0) is 19.7. The van der Waals surface area contributed by atoms with E-state index in [2.05, 4.69) is 15.6 Å². The van der Waals surface area contributed by atoms with E-state index in [1.54, 1.807) is 0 Å². The van der Waals surface area contributed by atoms with E-state index in [1.165, 1.54) is 5.56 Å². The Morgan fingerprint density at radius 3 is 2.79 bits per heavy atom. The van der Waals surface area contributed by atoms with E-state index >= 15 is 0 Å². The zero-order valence-electron chi connectivity index (χ0n) is 15.9. The number of hydrogen-bond acceptors (Lipinski definition) is 3. The number of aliphatic carboxylic acids is 1. The van der Waals surface area contributed by atoms with Gasteiger partial charge in [0.1, 0.15) is 0 Å². The molecule has 4 N–H and O–H groups in total. The summed E-state index contributed by atoms with van der Waals surface area (Å²) in [5.74, 6) is 0.0649. The number of carbonyl (C=O) groups is 1. The van der Waals surface area contributed by atoms with Crippen LogP contribution in [0.15, 0.2) is 42.5 Å².